The average Bonchev–Trinajstić information content (AvgIpc) is 2.16. The number of Topliss-reactive ketones (excluding diaryl/α,β-unsaturated/α-hetero) is 1. The Bertz CT molecular complexity index is 292. The maximum atomic E-state index is 11.2. The summed E-state index contributed by atoms with van der Waals surface area (Å²) >= 11 is 0. The molecule has 76 valence electrons. The minimum absolute atomic E-state index is 0.299. The first-order valence-electron chi connectivity index (χ1n) is 4.56. The van der Waals surface area contributed by atoms with Gasteiger partial charge >= 0.3 is 6.09 Å². The second kappa shape index (κ2) is 4.14. The third-order valence-electron chi connectivity index (χ3n) is 2.51. The maximum Gasteiger partial charge on any atom is 0.407 e. The van der Waals surface area contributed by atoms with E-state index in [9.17, 15) is 9.59 Å². The van der Waals surface area contributed by atoms with Crippen molar-refractivity contribution in [2.75, 3.05) is 6.54 Å². The highest BCUT2D eigenvalue weighted by Gasteiger charge is 2.33. The van der Waals surface area contributed by atoms with Gasteiger partial charge < -0.3 is 5.11 Å². The van der Waals surface area contributed by atoms with Gasteiger partial charge in [-0.3, -0.25) is 9.69 Å². The number of hydrogen-bond donors (Lipinski definition) is 1. The molecule has 0 spiro atoms. The van der Waals surface area contributed by atoms with Crippen LogP contribution in [0.1, 0.15) is 19.8 Å². The zero-order chi connectivity index (χ0) is 10.7. The van der Waals surface area contributed by atoms with E-state index in [1.807, 2.05) is 12.8 Å². The van der Waals surface area contributed by atoms with Crippen LogP contribution in [0.2, 0.25) is 0 Å². The molecule has 1 N–H and O–H groups in total. The summed E-state index contributed by atoms with van der Waals surface area (Å²) in [4.78, 5) is 23.2. The third-order valence-corrected chi connectivity index (χ3v) is 2.51. The van der Waals surface area contributed by atoms with E-state index in [4.69, 9.17) is 11.5 Å². The summed E-state index contributed by atoms with van der Waals surface area (Å²) < 4.78 is 0. The number of amides is 1. The number of carbonyl (C=O) groups is 2. The molecule has 0 aromatic heterocycles. The molecule has 2 atom stereocenters. The standard InChI is InChI=1S/C10H13NO3/c1-3-9(12)8-5-4-7(2)6-11(8)10(13)14/h1,7-8H,4-6H2,2H3,(H,13,14)/t7-,8+/m0/s1. The highest BCUT2D eigenvalue weighted by atomic mass is 16.4. The van der Waals surface area contributed by atoms with Gasteiger partial charge in [-0.15, -0.1) is 6.42 Å². The number of carboxylic acid groups (broad SMARTS) is 1. The van der Waals surface area contributed by atoms with E-state index < -0.39 is 17.9 Å². The summed E-state index contributed by atoms with van der Waals surface area (Å²) in [5, 5.41) is 8.88. The number of likely N-dealkylation sites (tertiary alicyclic amines) is 1. The molecule has 1 saturated heterocycles. The maximum absolute atomic E-state index is 11.2. The number of rotatable bonds is 1. The van der Waals surface area contributed by atoms with Crippen LogP contribution >= 0.6 is 0 Å². The first-order valence-corrected chi connectivity index (χ1v) is 4.56. The number of carbonyl (C=O) groups excluding carboxylic acids is 1. The van der Waals surface area contributed by atoms with Gasteiger partial charge in [0.05, 0.1) is 0 Å². The predicted molar refractivity (Wildman–Crippen MR) is 50.8 cm³/mol. The minimum atomic E-state index is -1.06. The first kappa shape index (κ1) is 10.6. The van der Waals surface area contributed by atoms with Crippen LogP contribution < -0.4 is 0 Å². The van der Waals surface area contributed by atoms with E-state index in [0.29, 0.717) is 18.9 Å². The number of terminal acetylenes is 1. The van der Waals surface area contributed by atoms with Gasteiger partial charge in [-0.1, -0.05) is 6.92 Å². The van der Waals surface area contributed by atoms with E-state index in [-0.39, 0.29) is 0 Å². The zero-order valence-corrected chi connectivity index (χ0v) is 8.06. The van der Waals surface area contributed by atoms with Gasteiger partial charge in [0, 0.05) is 6.54 Å². The Morgan fingerprint density at radius 3 is 2.64 bits per heavy atom. The van der Waals surface area contributed by atoms with Crippen LogP contribution in [0.3, 0.4) is 0 Å². The number of ketones is 1. The first-order chi connectivity index (χ1) is 6.56. The predicted octanol–water partition coefficient (Wildman–Crippen LogP) is 0.967. The van der Waals surface area contributed by atoms with E-state index in [0.717, 1.165) is 11.3 Å². The van der Waals surface area contributed by atoms with Gasteiger partial charge in [0.15, 0.2) is 0 Å². The highest BCUT2D eigenvalue weighted by Crippen LogP contribution is 2.22. The van der Waals surface area contributed by atoms with E-state index >= 15 is 0 Å². The summed E-state index contributed by atoms with van der Waals surface area (Å²) in [7, 11) is 0. The Balaban J connectivity index is 2.78. The summed E-state index contributed by atoms with van der Waals surface area (Å²) in [5.74, 6) is 1.86. The Morgan fingerprint density at radius 1 is 1.50 bits per heavy atom. The van der Waals surface area contributed by atoms with Crippen LogP contribution in [0, 0.1) is 18.3 Å². The monoisotopic (exact) mass is 195 g/mol. The third kappa shape index (κ3) is 2.05. The Morgan fingerprint density at radius 2 is 2.14 bits per heavy atom. The van der Waals surface area contributed by atoms with Crippen molar-refractivity contribution in [2.24, 2.45) is 5.92 Å². The van der Waals surface area contributed by atoms with Crippen molar-refractivity contribution < 1.29 is 14.7 Å². The molecular weight excluding hydrogens is 182 g/mol. The van der Waals surface area contributed by atoms with Crippen molar-refractivity contribution in [2.45, 2.75) is 25.8 Å². The molecule has 0 unspecified atom stereocenters. The Kier molecular flexibility index (Phi) is 3.13. The molecule has 0 radical (unpaired) electrons. The molecule has 1 aliphatic rings. The fourth-order valence-corrected chi connectivity index (χ4v) is 1.73. The van der Waals surface area contributed by atoms with Gasteiger partial charge in [-0.05, 0) is 24.7 Å². The van der Waals surface area contributed by atoms with Crippen LogP contribution in [0.25, 0.3) is 0 Å². The number of piperidine rings is 1. The normalized spacial score (nSPS) is 26.7. The van der Waals surface area contributed by atoms with Crippen LogP contribution in [-0.2, 0) is 4.79 Å². The van der Waals surface area contributed by atoms with Crippen LogP contribution in [0.4, 0.5) is 4.79 Å². The van der Waals surface area contributed by atoms with E-state index in [1.54, 1.807) is 0 Å². The second-order valence-corrected chi connectivity index (χ2v) is 3.64. The van der Waals surface area contributed by atoms with Gasteiger partial charge in [0.2, 0.25) is 5.78 Å². The SMILES string of the molecule is C#CC(=O)[C@H]1CC[C@H](C)CN1C(=O)O. The lowest BCUT2D eigenvalue weighted by molar-refractivity contribution is -0.119. The summed E-state index contributed by atoms with van der Waals surface area (Å²) in [6, 6.07) is -0.631. The van der Waals surface area contributed by atoms with E-state index in [2.05, 4.69) is 0 Å². The lowest BCUT2D eigenvalue weighted by Crippen LogP contribution is -2.49. The lowest BCUT2D eigenvalue weighted by atomic mass is 9.92. The van der Waals surface area contributed by atoms with Crippen molar-refractivity contribution in [3.63, 3.8) is 0 Å². The van der Waals surface area contributed by atoms with Crippen molar-refractivity contribution >= 4 is 11.9 Å². The fourth-order valence-electron chi connectivity index (χ4n) is 1.73. The summed E-state index contributed by atoms with van der Waals surface area (Å²) in [6.07, 6.45) is 5.30. The Hall–Kier alpha value is -1.50. The lowest BCUT2D eigenvalue weighted by Gasteiger charge is -2.34. The molecule has 1 rings (SSSR count). The van der Waals surface area contributed by atoms with Gasteiger partial charge in [0.1, 0.15) is 6.04 Å². The fraction of sp³-hybridized carbons (Fsp3) is 0.600. The number of nitrogens with zero attached hydrogens (tertiary/aromatic N) is 1. The zero-order valence-electron chi connectivity index (χ0n) is 8.06. The molecule has 0 bridgehead atoms. The molecule has 0 aliphatic carbocycles. The van der Waals surface area contributed by atoms with Crippen LogP contribution in [0.15, 0.2) is 0 Å². The van der Waals surface area contributed by atoms with Crippen molar-refractivity contribution in [1.82, 2.24) is 4.90 Å². The molecule has 1 amide bonds. The van der Waals surface area contributed by atoms with Gasteiger partial charge in [0.25, 0.3) is 0 Å². The topological polar surface area (TPSA) is 57.6 Å². The molecule has 1 fully saturated rings. The van der Waals surface area contributed by atoms with Crippen molar-refractivity contribution in [1.29, 1.82) is 0 Å². The molecule has 0 aromatic carbocycles. The summed E-state index contributed by atoms with van der Waals surface area (Å²) in [5.41, 5.74) is 0. The van der Waals surface area contributed by atoms with Crippen LogP contribution in [0.5, 0.6) is 0 Å². The van der Waals surface area contributed by atoms with Gasteiger partial charge in [-0.2, -0.15) is 0 Å². The second-order valence-electron chi connectivity index (χ2n) is 3.64. The largest absolute Gasteiger partial charge is 0.465 e. The van der Waals surface area contributed by atoms with Crippen molar-refractivity contribution in [3.8, 4) is 12.3 Å². The molecule has 0 aromatic rings. The minimum Gasteiger partial charge on any atom is -0.465 e. The molecule has 1 heterocycles. The Labute approximate surface area is 82.9 Å². The highest BCUT2D eigenvalue weighted by molar-refractivity contribution is 6.00. The number of hydrogen-bond acceptors (Lipinski definition) is 2. The molecule has 1 aliphatic heterocycles. The van der Waals surface area contributed by atoms with Crippen LogP contribution in [-0.4, -0.2) is 34.5 Å². The molecule has 4 nitrogen and oxygen atoms in total. The summed E-state index contributed by atoms with van der Waals surface area (Å²) in [6.45, 7) is 2.36. The quantitative estimate of drug-likeness (QED) is 0.501. The van der Waals surface area contributed by atoms with E-state index in [1.165, 1.54) is 0 Å². The molecule has 14 heavy (non-hydrogen) atoms. The molecule has 4 heteroatoms. The molecular formula is C10H13NO3. The van der Waals surface area contributed by atoms with Crippen molar-refractivity contribution in [3.05, 3.63) is 0 Å². The van der Waals surface area contributed by atoms with Gasteiger partial charge in [-0.25, -0.2) is 4.79 Å². The average molecular weight is 195 g/mol. The molecule has 0 saturated carbocycles. The smallest absolute Gasteiger partial charge is 0.407 e.